The van der Waals surface area contributed by atoms with Crippen molar-refractivity contribution in [3.8, 4) is 5.75 Å². The zero-order valence-corrected chi connectivity index (χ0v) is 19.8. The fraction of sp³-hybridized carbons (Fsp3) is 0.0435. The number of anilines is 1. The van der Waals surface area contributed by atoms with Crippen LogP contribution in [0.2, 0.25) is 15.1 Å². The van der Waals surface area contributed by atoms with Gasteiger partial charge in [-0.05, 0) is 36.4 Å². The maximum absolute atomic E-state index is 13.1. The summed E-state index contributed by atoms with van der Waals surface area (Å²) in [6.07, 6.45) is 1.78. The van der Waals surface area contributed by atoms with Gasteiger partial charge in [0.15, 0.2) is 4.32 Å². The number of carbonyl (C=O) groups is 1. The van der Waals surface area contributed by atoms with Crippen molar-refractivity contribution < 1.29 is 9.53 Å². The SMILES string of the molecule is O=C1/C(=C/c2ccccc2OCc2ccccc2Cl)SC(=S)N1c1ccc(Cl)c(Cl)c1. The van der Waals surface area contributed by atoms with Gasteiger partial charge in [0.05, 0.1) is 20.6 Å². The van der Waals surface area contributed by atoms with Crippen LogP contribution in [0.1, 0.15) is 11.1 Å². The van der Waals surface area contributed by atoms with Gasteiger partial charge in [0.1, 0.15) is 12.4 Å². The molecule has 0 atom stereocenters. The minimum absolute atomic E-state index is 0.228. The Bertz CT molecular complexity index is 1210. The van der Waals surface area contributed by atoms with Crippen molar-refractivity contribution in [1.29, 1.82) is 0 Å². The molecular formula is C23H14Cl3NO2S2. The molecule has 0 spiro atoms. The van der Waals surface area contributed by atoms with Crippen molar-refractivity contribution in [1.82, 2.24) is 0 Å². The van der Waals surface area contributed by atoms with Gasteiger partial charge in [-0.15, -0.1) is 0 Å². The van der Waals surface area contributed by atoms with Gasteiger partial charge in [-0.1, -0.05) is 95.2 Å². The Morgan fingerprint density at radius 3 is 2.45 bits per heavy atom. The second-order valence-corrected chi connectivity index (χ2v) is 9.43. The number of halogens is 3. The van der Waals surface area contributed by atoms with E-state index in [2.05, 4.69) is 0 Å². The van der Waals surface area contributed by atoms with Crippen LogP contribution in [0, 0.1) is 0 Å². The van der Waals surface area contributed by atoms with E-state index in [0.717, 1.165) is 11.1 Å². The second kappa shape index (κ2) is 9.63. The highest BCUT2D eigenvalue weighted by molar-refractivity contribution is 8.27. The highest BCUT2D eigenvalue weighted by Crippen LogP contribution is 2.38. The van der Waals surface area contributed by atoms with Gasteiger partial charge in [-0.3, -0.25) is 9.69 Å². The largest absolute Gasteiger partial charge is 0.488 e. The molecule has 3 aromatic carbocycles. The lowest BCUT2D eigenvalue weighted by atomic mass is 10.1. The van der Waals surface area contributed by atoms with E-state index in [1.54, 1.807) is 24.3 Å². The third kappa shape index (κ3) is 4.92. The number of amides is 1. The summed E-state index contributed by atoms with van der Waals surface area (Å²) < 4.78 is 6.41. The van der Waals surface area contributed by atoms with E-state index in [-0.39, 0.29) is 5.91 Å². The maximum atomic E-state index is 13.1. The molecule has 1 heterocycles. The monoisotopic (exact) mass is 505 g/mol. The number of para-hydroxylation sites is 1. The first kappa shape index (κ1) is 22.2. The minimum atomic E-state index is -0.228. The Labute approximate surface area is 204 Å². The molecule has 0 aromatic heterocycles. The normalized spacial score (nSPS) is 15.1. The molecule has 1 fully saturated rings. The van der Waals surface area contributed by atoms with Gasteiger partial charge in [0.25, 0.3) is 5.91 Å². The minimum Gasteiger partial charge on any atom is -0.488 e. The first-order valence-corrected chi connectivity index (χ1v) is 11.5. The summed E-state index contributed by atoms with van der Waals surface area (Å²) in [5, 5.41) is 1.41. The number of thioether (sulfide) groups is 1. The topological polar surface area (TPSA) is 29.5 Å². The van der Waals surface area contributed by atoms with E-state index in [9.17, 15) is 4.79 Å². The van der Waals surface area contributed by atoms with Crippen molar-refractivity contribution >= 4 is 80.8 Å². The van der Waals surface area contributed by atoms with Crippen LogP contribution >= 0.6 is 58.8 Å². The van der Waals surface area contributed by atoms with E-state index in [4.69, 9.17) is 51.8 Å². The van der Waals surface area contributed by atoms with Crippen LogP contribution in [0.4, 0.5) is 5.69 Å². The molecule has 3 nitrogen and oxygen atoms in total. The first-order chi connectivity index (χ1) is 14.9. The second-order valence-electron chi connectivity index (χ2n) is 6.53. The average Bonchev–Trinajstić information content (AvgIpc) is 3.03. The summed E-state index contributed by atoms with van der Waals surface area (Å²) in [5.74, 6) is 0.413. The van der Waals surface area contributed by atoms with Gasteiger partial charge < -0.3 is 4.74 Å². The van der Waals surface area contributed by atoms with Crippen LogP contribution in [-0.2, 0) is 11.4 Å². The van der Waals surface area contributed by atoms with Crippen LogP contribution in [0.25, 0.3) is 6.08 Å². The number of ether oxygens (including phenoxy) is 1. The van der Waals surface area contributed by atoms with Crippen molar-refractivity contribution in [3.63, 3.8) is 0 Å². The lowest BCUT2D eigenvalue weighted by Gasteiger charge is -2.15. The molecule has 0 radical (unpaired) electrons. The standard InChI is InChI=1S/C23H14Cl3NO2S2/c24-17-7-3-1-6-15(17)13-29-20-8-4-2-5-14(20)11-21-22(28)27(23(30)31-21)16-9-10-18(25)19(26)12-16/h1-12H,13H2/b21-11-. The van der Waals surface area contributed by atoms with Crippen molar-refractivity contribution in [2.24, 2.45) is 0 Å². The summed E-state index contributed by atoms with van der Waals surface area (Å²) >= 11 is 25.0. The van der Waals surface area contributed by atoms with Gasteiger partial charge in [-0.2, -0.15) is 0 Å². The lowest BCUT2D eigenvalue weighted by Crippen LogP contribution is -2.27. The van der Waals surface area contributed by atoms with Gasteiger partial charge in [0, 0.05) is 16.1 Å². The van der Waals surface area contributed by atoms with Crippen LogP contribution < -0.4 is 9.64 Å². The third-order valence-corrected chi connectivity index (χ3v) is 6.91. The Kier molecular flexibility index (Phi) is 6.89. The maximum Gasteiger partial charge on any atom is 0.270 e. The molecule has 0 saturated carbocycles. The van der Waals surface area contributed by atoms with E-state index in [0.29, 0.717) is 42.3 Å². The van der Waals surface area contributed by atoms with Gasteiger partial charge in [0.2, 0.25) is 0 Å². The summed E-state index contributed by atoms with van der Waals surface area (Å²) in [7, 11) is 0. The molecule has 4 rings (SSSR count). The fourth-order valence-corrected chi connectivity index (χ4v) is 4.73. The lowest BCUT2D eigenvalue weighted by molar-refractivity contribution is -0.113. The highest BCUT2D eigenvalue weighted by atomic mass is 35.5. The predicted octanol–water partition coefficient (Wildman–Crippen LogP) is 7.63. The van der Waals surface area contributed by atoms with E-state index < -0.39 is 0 Å². The zero-order chi connectivity index (χ0) is 22.0. The third-order valence-electron chi connectivity index (χ3n) is 4.50. The molecule has 156 valence electrons. The van der Waals surface area contributed by atoms with Crippen molar-refractivity contribution in [2.45, 2.75) is 6.61 Å². The Morgan fingerprint density at radius 1 is 0.935 bits per heavy atom. The number of hydrogen-bond acceptors (Lipinski definition) is 4. The number of carbonyl (C=O) groups excluding carboxylic acids is 1. The summed E-state index contributed by atoms with van der Waals surface area (Å²) in [6, 6.07) is 20.0. The summed E-state index contributed by atoms with van der Waals surface area (Å²) in [6.45, 7) is 0.314. The van der Waals surface area contributed by atoms with Crippen molar-refractivity contribution in [2.75, 3.05) is 4.90 Å². The molecule has 0 unspecified atom stereocenters. The fourth-order valence-electron chi connectivity index (χ4n) is 2.96. The quantitative estimate of drug-likeness (QED) is 0.263. The first-order valence-electron chi connectivity index (χ1n) is 9.12. The summed E-state index contributed by atoms with van der Waals surface area (Å²) in [4.78, 5) is 15.0. The average molecular weight is 507 g/mol. The molecule has 1 aliphatic rings. The van der Waals surface area contributed by atoms with E-state index in [1.807, 2.05) is 48.5 Å². The molecule has 1 aliphatic heterocycles. The Morgan fingerprint density at radius 2 is 1.68 bits per heavy atom. The molecule has 31 heavy (non-hydrogen) atoms. The smallest absolute Gasteiger partial charge is 0.270 e. The summed E-state index contributed by atoms with van der Waals surface area (Å²) in [5.41, 5.74) is 2.22. The number of hydrogen-bond donors (Lipinski definition) is 0. The molecule has 0 bridgehead atoms. The van der Waals surface area contributed by atoms with Crippen LogP contribution in [0.3, 0.4) is 0 Å². The van der Waals surface area contributed by atoms with Crippen LogP contribution in [-0.4, -0.2) is 10.2 Å². The Balaban J connectivity index is 1.59. The number of nitrogens with zero attached hydrogens (tertiary/aromatic N) is 1. The van der Waals surface area contributed by atoms with Gasteiger partial charge >= 0.3 is 0 Å². The molecule has 1 saturated heterocycles. The van der Waals surface area contributed by atoms with E-state index >= 15 is 0 Å². The number of benzene rings is 3. The predicted molar refractivity (Wildman–Crippen MR) is 134 cm³/mol. The molecule has 8 heteroatoms. The van der Waals surface area contributed by atoms with E-state index in [1.165, 1.54) is 16.7 Å². The molecule has 0 N–H and O–H groups in total. The number of rotatable bonds is 5. The van der Waals surface area contributed by atoms with Crippen LogP contribution in [0.5, 0.6) is 5.75 Å². The molecular weight excluding hydrogens is 493 g/mol. The Hall–Kier alpha value is -2.02. The van der Waals surface area contributed by atoms with Crippen molar-refractivity contribution in [3.05, 3.63) is 97.8 Å². The molecule has 1 amide bonds. The van der Waals surface area contributed by atoms with Gasteiger partial charge in [-0.25, -0.2) is 0 Å². The zero-order valence-electron chi connectivity index (χ0n) is 15.8. The van der Waals surface area contributed by atoms with Crippen LogP contribution in [0.15, 0.2) is 71.6 Å². The molecule has 0 aliphatic carbocycles. The number of thiocarbonyl (C=S) groups is 1. The molecule has 3 aromatic rings. The highest BCUT2D eigenvalue weighted by Gasteiger charge is 2.33.